The summed E-state index contributed by atoms with van der Waals surface area (Å²) in [6.07, 6.45) is 1.35. The van der Waals surface area contributed by atoms with Crippen molar-refractivity contribution in [3.05, 3.63) is 29.7 Å². The molecule has 1 amide bonds. The Balaban J connectivity index is 1.88. The smallest absolute Gasteiger partial charge is 0.260 e. The first-order valence-corrected chi connectivity index (χ1v) is 5.57. The summed E-state index contributed by atoms with van der Waals surface area (Å²) in [7, 11) is 0. The number of amides is 1. The Morgan fingerprint density at radius 2 is 2.11 bits per heavy atom. The van der Waals surface area contributed by atoms with E-state index < -0.39 is 0 Å². The van der Waals surface area contributed by atoms with Crippen LogP contribution in [0.5, 0.6) is 11.5 Å². The summed E-state index contributed by atoms with van der Waals surface area (Å²) in [6.45, 7) is 1.81. The molecule has 1 aromatic heterocycles. The highest BCUT2D eigenvalue weighted by atomic mass is 16.7. The highest BCUT2D eigenvalue weighted by molar-refractivity contribution is 6.06. The van der Waals surface area contributed by atoms with Gasteiger partial charge in [0, 0.05) is 12.1 Å². The largest absolute Gasteiger partial charge is 0.454 e. The second-order valence-corrected chi connectivity index (χ2v) is 4.04. The molecule has 2 heterocycles. The van der Waals surface area contributed by atoms with Crippen LogP contribution >= 0.6 is 0 Å². The standard InChI is InChI=1S/C12H11N3O4/c1-6-7(4-14-19-6)12(16)15-9-3-11-10(2-8(9)13)17-5-18-11/h2-4H,5,13H2,1H3,(H,15,16). The van der Waals surface area contributed by atoms with Gasteiger partial charge in [0.05, 0.1) is 17.6 Å². The molecule has 0 aliphatic carbocycles. The number of benzene rings is 1. The molecular weight excluding hydrogens is 250 g/mol. The molecule has 1 aliphatic rings. The fourth-order valence-electron chi connectivity index (χ4n) is 1.77. The predicted molar refractivity (Wildman–Crippen MR) is 66.2 cm³/mol. The topological polar surface area (TPSA) is 99.6 Å². The van der Waals surface area contributed by atoms with E-state index in [0.717, 1.165) is 0 Å². The maximum absolute atomic E-state index is 12.0. The average Bonchev–Trinajstić information content (AvgIpc) is 2.98. The van der Waals surface area contributed by atoms with Crippen LogP contribution < -0.4 is 20.5 Å². The molecule has 1 aliphatic heterocycles. The first kappa shape index (κ1) is 11.4. The van der Waals surface area contributed by atoms with Gasteiger partial charge in [-0.2, -0.15) is 0 Å². The Labute approximate surface area is 108 Å². The van der Waals surface area contributed by atoms with Crippen LogP contribution in [0.1, 0.15) is 16.1 Å². The fraction of sp³-hybridized carbons (Fsp3) is 0.167. The second-order valence-electron chi connectivity index (χ2n) is 4.04. The molecule has 0 radical (unpaired) electrons. The molecule has 3 rings (SSSR count). The van der Waals surface area contributed by atoms with E-state index in [9.17, 15) is 4.79 Å². The molecule has 0 saturated carbocycles. The second kappa shape index (κ2) is 4.20. The Morgan fingerprint density at radius 1 is 1.37 bits per heavy atom. The van der Waals surface area contributed by atoms with Crippen molar-refractivity contribution in [1.82, 2.24) is 5.16 Å². The summed E-state index contributed by atoms with van der Waals surface area (Å²) >= 11 is 0. The molecule has 2 aromatic rings. The minimum Gasteiger partial charge on any atom is -0.454 e. The average molecular weight is 261 g/mol. The number of nitrogen functional groups attached to an aromatic ring is 1. The van der Waals surface area contributed by atoms with Crippen LogP contribution in [0.4, 0.5) is 11.4 Å². The van der Waals surface area contributed by atoms with Crippen LogP contribution in [0.3, 0.4) is 0 Å². The number of nitrogens with zero attached hydrogens (tertiary/aromatic N) is 1. The summed E-state index contributed by atoms with van der Waals surface area (Å²) in [4.78, 5) is 12.0. The van der Waals surface area contributed by atoms with Gasteiger partial charge in [0.25, 0.3) is 5.91 Å². The van der Waals surface area contributed by atoms with Gasteiger partial charge in [0.1, 0.15) is 11.3 Å². The molecule has 0 fully saturated rings. The highest BCUT2D eigenvalue weighted by Gasteiger charge is 2.19. The van der Waals surface area contributed by atoms with Gasteiger partial charge in [-0.25, -0.2) is 0 Å². The van der Waals surface area contributed by atoms with E-state index in [4.69, 9.17) is 19.7 Å². The molecule has 1 aromatic carbocycles. The lowest BCUT2D eigenvalue weighted by molar-refractivity contribution is 0.102. The lowest BCUT2D eigenvalue weighted by Gasteiger charge is -2.08. The van der Waals surface area contributed by atoms with Crippen LogP contribution in [0.25, 0.3) is 0 Å². The minimum atomic E-state index is -0.343. The third-order valence-corrected chi connectivity index (χ3v) is 2.79. The minimum absolute atomic E-state index is 0.150. The number of aromatic nitrogens is 1. The van der Waals surface area contributed by atoms with Crippen molar-refractivity contribution < 1.29 is 18.8 Å². The Kier molecular flexibility index (Phi) is 2.52. The lowest BCUT2D eigenvalue weighted by Crippen LogP contribution is -2.13. The van der Waals surface area contributed by atoms with Crippen LogP contribution in [0.2, 0.25) is 0 Å². The van der Waals surface area contributed by atoms with Crippen molar-refractivity contribution in [2.24, 2.45) is 0 Å². The van der Waals surface area contributed by atoms with Gasteiger partial charge in [-0.1, -0.05) is 5.16 Å². The first-order valence-electron chi connectivity index (χ1n) is 5.57. The van der Waals surface area contributed by atoms with Crippen LogP contribution in [-0.4, -0.2) is 17.9 Å². The number of nitrogens with one attached hydrogen (secondary N) is 1. The molecule has 0 saturated heterocycles. The van der Waals surface area contributed by atoms with Crippen molar-refractivity contribution in [1.29, 1.82) is 0 Å². The number of aryl methyl sites for hydroxylation is 1. The molecule has 0 bridgehead atoms. The van der Waals surface area contributed by atoms with Crippen molar-refractivity contribution in [3.8, 4) is 11.5 Å². The van der Waals surface area contributed by atoms with Gasteiger partial charge in [0.2, 0.25) is 6.79 Å². The van der Waals surface area contributed by atoms with Crippen molar-refractivity contribution >= 4 is 17.3 Å². The van der Waals surface area contributed by atoms with Gasteiger partial charge in [0.15, 0.2) is 11.5 Å². The summed E-state index contributed by atoms with van der Waals surface area (Å²) < 4.78 is 15.3. The molecule has 0 atom stereocenters. The zero-order valence-corrected chi connectivity index (χ0v) is 10.1. The third-order valence-electron chi connectivity index (χ3n) is 2.79. The number of ether oxygens (including phenoxy) is 2. The normalized spacial score (nSPS) is 12.5. The van der Waals surface area contributed by atoms with E-state index in [-0.39, 0.29) is 12.7 Å². The van der Waals surface area contributed by atoms with E-state index in [2.05, 4.69) is 10.5 Å². The van der Waals surface area contributed by atoms with Gasteiger partial charge in [-0.15, -0.1) is 0 Å². The molecule has 7 nitrogen and oxygen atoms in total. The molecular formula is C12H11N3O4. The molecule has 98 valence electrons. The van der Waals surface area contributed by atoms with Crippen molar-refractivity contribution in [3.63, 3.8) is 0 Å². The van der Waals surface area contributed by atoms with Crippen molar-refractivity contribution in [2.75, 3.05) is 17.8 Å². The summed E-state index contributed by atoms with van der Waals surface area (Å²) in [5, 5.41) is 6.24. The highest BCUT2D eigenvalue weighted by Crippen LogP contribution is 2.38. The number of nitrogens with two attached hydrogens (primary N) is 1. The summed E-state index contributed by atoms with van der Waals surface area (Å²) in [5.74, 6) is 1.21. The zero-order chi connectivity index (χ0) is 13.4. The van der Waals surface area contributed by atoms with Crippen LogP contribution in [0, 0.1) is 6.92 Å². The van der Waals surface area contributed by atoms with Crippen LogP contribution in [-0.2, 0) is 0 Å². The molecule has 0 spiro atoms. The maximum atomic E-state index is 12.0. The Hall–Kier alpha value is -2.70. The predicted octanol–water partition coefficient (Wildman–Crippen LogP) is 1.55. The quantitative estimate of drug-likeness (QED) is 0.795. The van der Waals surface area contributed by atoms with E-state index in [1.807, 2.05) is 0 Å². The number of rotatable bonds is 2. The fourth-order valence-corrected chi connectivity index (χ4v) is 1.77. The number of carbonyl (C=O) groups excluding carboxylic acids is 1. The number of hydrogen-bond donors (Lipinski definition) is 2. The number of hydrogen-bond acceptors (Lipinski definition) is 6. The van der Waals surface area contributed by atoms with Gasteiger partial charge in [-0.3, -0.25) is 4.79 Å². The van der Waals surface area contributed by atoms with Gasteiger partial charge >= 0.3 is 0 Å². The summed E-state index contributed by atoms with van der Waals surface area (Å²) in [5.41, 5.74) is 7.05. The third kappa shape index (κ3) is 1.95. The van der Waals surface area contributed by atoms with E-state index >= 15 is 0 Å². The Bertz CT molecular complexity index is 650. The van der Waals surface area contributed by atoms with Crippen LogP contribution in [0.15, 0.2) is 22.9 Å². The first-order chi connectivity index (χ1) is 9.15. The molecule has 7 heteroatoms. The number of carbonyl (C=O) groups is 1. The SMILES string of the molecule is Cc1oncc1C(=O)Nc1cc2c(cc1N)OCO2. The van der Waals surface area contributed by atoms with E-state index in [0.29, 0.717) is 34.2 Å². The molecule has 3 N–H and O–H groups in total. The monoisotopic (exact) mass is 261 g/mol. The van der Waals surface area contributed by atoms with E-state index in [1.165, 1.54) is 6.20 Å². The lowest BCUT2D eigenvalue weighted by atomic mass is 10.2. The summed E-state index contributed by atoms with van der Waals surface area (Å²) in [6, 6.07) is 3.23. The number of fused-ring (bicyclic) bond motifs is 1. The zero-order valence-electron chi connectivity index (χ0n) is 10.1. The molecule has 0 unspecified atom stereocenters. The number of anilines is 2. The van der Waals surface area contributed by atoms with Gasteiger partial charge in [-0.05, 0) is 6.92 Å². The maximum Gasteiger partial charge on any atom is 0.260 e. The molecule has 19 heavy (non-hydrogen) atoms. The van der Waals surface area contributed by atoms with Gasteiger partial charge < -0.3 is 25.0 Å². The van der Waals surface area contributed by atoms with E-state index in [1.54, 1.807) is 19.1 Å². The van der Waals surface area contributed by atoms with Crippen molar-refractivity contribution in [2.45, 2.75) is 6.92 Å². The Morgan fingerprint density at radius 3 is 2.79 bits per heavy atom.